The van der Waals surface area contributed by atoms with Gasteiger partial charge in [-0.1, -0.05) is 13.0 Å². The summed E-state index contributed by atoms with van der Waals surface area (Å²) in [4.78, 5) is 14.1. The minimum atomic E-state index is 0.107. The maximum absolute atomic E-state index is 5.53. The first-order valence-corrected chi connectivity index (χ1v) is 9.17. The summed E-state index contributed by atoms with van der Waals surface area (Å²) >= 11 is 0. The molecule has 0 saturated heterocycles. The number of pyridine rings is 1. The zero-order chi connectivity index (χ0) is 17.8. The Morgan fingerprint density at radius 2 is 2.08 bits per heavy atom. The Balaban J connectivity index is 1.74. The van der Waals surface area contributed by atoms with Crippen molar-refractivity contribution in [2.45, 2.75) is 32.2 Å². The van der Waals surface area contributed by atoms with Gasteiger partial charge in [-0.05, 0) is 43.7 Å². The molecule has 6 heteroatoms. The van der Waals surface area contributed by atoms with Crippen LogP contribution in [0.25, 0.3) is 11.6 Å². The van der Waals surface area contributed by atoms with Crippen molar-refractivity contribution in [3.8, 4) is 11.6 Å². The first kappa shape index (κ1) is 16.7. The van der Waals surface area contributed by atoms with Crippen molar-refractivity contribution in [1.29, 1.82) is 0 Å². The summed E-state index contributed by atoms with van der Waals surface area (Å²) < 4.78 is 5.53. The van der Waals surface area contributed by atoms with Crippen LogP contribution in [0.2, 0.25) is 0 Å². The highest BCUT2D eigenvalue weighted by molar-refractivity contribution is 5.56. The lowest BCUT2D eigenvalue weighted by atomic mass is 10.1. The van der Waals surface area contributed by atoms with E-state index < -0.39 is 0 Å². The summed E-state index contributed by atoms with van der Waals surface area (Å²) in [7, 11) is 0. The van der Waals surface area contributed by atoms with E-state index in [9.17, 15) is 0 Å². The predicted molar refractivity (Wildman–Crippen MR) is 101 cm³/mol. The van der Waals surface area contributed by atoms with Crippen molar-refractivity contribution < 1.29 is 4.42 Å². The van der Waals surface area contributed by atoms with Crippen LogP contribution in [0.5, 0.6) is 0 Å². The molecule has 4 heterocycles. The molecule has 1 atom stereocenters. The minimum absolute atomic E-state index is 0.107. The SMILES string of the molecule is CC[C@@H](Nc1nc(-c2ccco2)nc2c1CCNCC2)c1ccccn1. The lowest BCUT2D eigenvalue weighted by molar-refractivity contribution is 0.576. The minimum Gasteiger partial charge on any atom is -0.461 e. The van der Waals surface area contributed by atoms with Crippen LogP contribution in [0.1, 0.15) is 36.3 Å². The van der Waals surface area contributed by atoms with Crippen molar-refractivity contribution >= 4 is 5.82 Å². The third kappa shape index (κ3) is 3.46. The van der Waals surface area contributed by atoms with E-state index in [1.54, 1.807) is 6.26 Å². The summed E-state index contributed by atoms with van der Waals surface area (Å²) in [6, 6.07) is 9.88. The maximum Gasteiger partial charge on any atom is 0.197 e. The highest BCUT2D eigenvalue weighted by Crippen LogP contribution is 2.28. The van der Waals surface area contributed by atoms with E-state index in [1.165, 1.54) is 5.56 Å². The molecular formula is C20H23N5O. The van der Waals surface area contributed by atoms with Gasteiger partial charge in [-0.2, -0.15) is 0 Å². The summed E-state index contributed by atoms with van der Waals surface area (Å²) in [5.74, 6) is 2.22. The average molecular weight is 349 g/mol. The molecule has 0 unspecified atom stereocenters. The lowest BCUT2D eigenvalue weighted by Crippen LogP contribution is -2.17. The number of anilines is 1. The van der Waals surface area contributed by atoms with Gasteiger partial charge < -0.3 is 15.1 Å². The molecule has 1 aliphatic heterocycles. The molecule has 0 saturated carbocycles. The van der Waals surface area contributed by atoms with Crippen LogP contribution in [-0.2, 0) is 12.8 Å². The molecule has 6 nitrogen and oxygen atoms in total. The Hall–Kier alpha value is -2.73. The molecule has 3 aromatic rings. The van der Waals surface area contributed by atoms with Gasteiger partial charge in [-0.25, -0.2) is 9.97 Å². The first-order valence-electron chi connectivity index (χ1n) is 9.17. The Kier molecular flexibility index (Phi) is 4.93. The molecular weight excluding hydrogens is 326 g/mol. The second-order valence-electron chi connectivity index (χ2n) is 6.41. The molecule has 2 N–H and O–H groups in total. The summed E-state index contributed by atoms with van der Waals surface area (Å²) in [6.45, 7) is 4.02. The fraction of sp³-hybridized carbons (Fsp3) is 0.350. The zero-order valence-corrected chi connectivity index (χ0v) is 14.9. The second kappa shape index (κ2) is 7.66. The Morgan fingerprint density at radius 3 is 2.85 bits per heavy atom. The van der Waals surface area contributed by atoms with Crippen LogP contribution < -0.4 is 10.6 Å². The van der Waals surface area contributed by atoms with E-state index >= 15 is 0 Å². The number of furan rings is 1. The highest BCUT2D eigenvalue weighted by atomic mass is 16.3. The van der Waals surface area contributed by atoms with Crippen LogP contribution >= 0.6 is 0 Å². The third-order valence-corrected chi connectivity index (χ3v) is 4.69. The van der Waals surface area contributed by atoms with Gasteiger partial charge >= 0.3 is 0 Å². The molecule has 0 spiro atoms. The van der Waals surface area contributed by atoms with E-state index in [0.717, 1.165) is 49.6 Å². The van der Waals surface area contributed by atoms with E-state index in [2.05, 4.69) is 28.6 Å². The van der Waals surface area contributed by atoms with Crippen LogP contribution in [0.3, 0.4) is 0 Å². The van der Waals surface area contributed by atoms with Gasteiger partial charge in [0.05, 0.1) is 23.7 Å². The molecule has 1 aliphatic rings. The average Bonchev–Trinajstić information content (AvgIpc) is 3.12. The van der Waals surface area contributed by atoms with Crippen molar-refractivity contribution in [2.24, 2.45) is 0 Å². The largest absolute Gasteiger partial charge is 0.461 e. The predicted octanol–water partition coefficient (Wildman–Crippen LogP) is 3.38. The molecule has 0 radical (unpaired) electrons. The Morgan fingerprint density at radius 1 is 1.15 bits per heavy atom. The molecule has 134 valence electrons. The number of nitrogens with zero attached hydrogens (tertiary/aromatic N) is 3. The van der Waals surface area contributed by atoms with Gasteiger partial charge in [-0.15, -0.1) is 0 Å². The molecule has 0 bridgehead atoms. The van der Waals surface area contributed by atoms with Crippen molar-refractivity contribution in [2.75, 3.05) is 18.4 Å². The smallest absolute Gasteiger partial charge is 0.197 e. The summed E-state index contributed by atoms with van der Waals surface area (Å²) in [5.41, 5.74) is 3.31. The van der Waals surface area contributed by atoms with Gasteiger partial charge in [0.25, 0.3) is 0 Å². The van der Waals surface area contributed by atoms with Gasteiger partial charge in [0.2, 0.25) is 0 Å². The quantitative estimate of drug-likeness (QED) is 0.735. The van der Waals surface area contributed by atoms with Crippen molar-refractivity contribution in [1.82, 2.24) is 20.3 Å². The molecule has 26 heavy (non-hydrogen) atoms. The standard InChI is InChI=1S/C20H23N5O/c1-2-15(17-6-3-4-10-22-17)23-19-14-8-11-21-12-9-16(14)24-20(25-19)18-7-5-13-26-18/h3-7,10,13,15,21H,2,8-9,11-12H2,1H3,(H,23,24,25)/t15-/m1/s1. The molecule has 0 aromatic carbocycles. The van der Waals surface area contributed by atoms with E-state index in [1.807, 2.05) is 30.5 Å². The summed E-state index contributed by atoms with van der Waals surface area (Å²) in [5, 5.41) is 7.06. The fourth-order valence-electron chi connectivity index (χ4n) is 3.31. The highest BCUT2D eigenvalue weighted by Gasteiger charge is 2.21. The summed E-state index contributed by atoms with van der Waals surface area (Å²) in [6.07, 6.45) is 6.21. The topological polar surface area (TPSA) is 75.9 Å². The zero-order valence-electron chi connectivity index (χ0n) is 14.9. The van der Waals surface area contributed by atoms with Gasteiger partial charge in [0.15, 0.2) is 11.6 Å². The maximum atomic E-state index is 5.53. The van der Waals surface area contributed by atoms with Crippen LogP contribution in [0, 0.1) is 0 Å². The molecule has 4 rings (SSSR count). The van der Waals surface area contributed by atoms with Gasteiger partial charge in [0, 0.05) is 24.7 Å². The number of hydrogen-bond donors (Lipinski definition) is 2. The number of hydrogen-bond acceptors (Lipinski definition) is 6. The van der Waals surface area contributed by atoms with Gasteiger partial charge in [0.1, 0.15) is 5.82 Å². The molecule has 3 aromatic heterocycles. The Bertz CT molecular complexity index is 848. The monoisotopic (exact) mass is 349 g/mol. The normalized spacial score (nSPS) is 15.1. The molecule has 0 aliphatic carbocycles. The number of aromatic nitrogens is 3. The van der Waals surface area contributed by atoms with E-state index in [0.29, 0.717) is 11.6 Å². The van der Waals surface area contributed by atoms with E-state index in [-0.39, 0.29) is 6.04 Å². The number of rotatable bonds is 5. The third-order valence-electron chi connectivity index (χ3n) is 4.69. The molecule has 0 fully saturated rings. The van der Waals surface area contributed by atoms with Crippen molar-refractivity contribution in [3.63, 3.8) is 0 Å². The van der Waals surface area contributed by atoms with Gasteiger partial charge in [-0.3, -0.25) is 4.98 Å². The Labute approximate surface area is 153 Å². The van der Waals surface area contributed by atoms with Crippen LogP contribution in [0.4, 0.5) is 5.82 Å². The lowest BCUT2D eigenvalue weighted by Gasteiger charge is -2.20. The van der Waals surface area contributed by atoms with Crippen molar-refractivity contribution in [3.05, 3.63) is 59.7 Å². The van der Waals surface area contributed by atoms with Crippen LogP contribution in [0.15, 0.2) is 47.2 Å². The number of nitrogens with one attached hydrogen (secondary N) is 2. The molecule has 0 amide bonds. The first-order chi connectivity index (χ1) is 12.8. The number of fused-ring (bicyclic) bond motifs is 1. The second-order valence-corrected chi connectivity index (χ2v) is 6.41. The van der Waals surface area contributed by atoms with Crippen LogP contribution in [-0.4, -0.2) is 28.0 Å². The fourth-order valence-corrected chi connectivity index (χ4v) is 3.31. The van der Waals surface area contributed by atoms with E-state index in [4.69, 9.17) is 14.4 Å².